The molecule has 6 nitrogen and oxygen atoms in total. The maximum atomic E-state index is 12.9. The van der Waals surface area contributed by atoms with Gasteiger partial charge in [-0.1, -0.05) is 42.5 Å². The fourth-order valence-corrected chi connectivity index (χ4v) is 4.94. The number of amides is 1. The fraction of sp³-hybridized carbons (Fsp3) is 0.481. The predicted octanol–water partition coefficient (Wildman–Crippen LogP) is 3.58. The minimum Gasteiger partial charge on any atom is -0.372 e. The van der Waals surface area contributed by atoms with E-state index < -0.39 is 0 Å². The largest absolute Gasteiger partial charge is 0.372 e. The van der Waals surface area contributed by atoms with Gasteiger partial charge in [0.05, 0.1) is 12.2 Å². The summed E-state index contributed by atoms with van der Waals surface area (Å²) in [6.07, 6.45) is 2.45. The Kier molecular flexibility index (Phi) is 7.65. The van der Waals surface area contributed by atoms with Crippen molar-refractivity contribution >= 4 is 11.9 Å². The first-order valence-electron chi connectivity index (χ1n) is 12.0. The average molecular weight is 449 g/mol. The molecular formula is C27H36N4O2. The molecule has 0 radical (unpaired) electrons. The Morgan fingerprint density at radius 3 is 2.33 bits per heavy atom. The molecule has 2 saturated heterocycles. The number of aliphatic imine (C=N–C) groups is 1. The number of nitrogens with zero attached hydrogens (tertiary/aromatic N) is 3. The molecule has 2 aliphatic heterocycles. The number of morpholine rings is 1. The van der Waals surface area contributed by atoms with E-state index >= 15 is 0 Å². The van der Waals surface area contributed by atoms with Crippen LogP contribution in [0.4, 0.5) is 0 Å². The standard InChI is InChI=1S/C27H36N4O2/c1-20-17-31(18-21(2)33-20)26(32)25-11-9-23(10-12-25)16-29-27(28-3)30-14-13-24(19-30)15-22-7-5-4-6-8-22/h4-12,20-21,24H,13-19H2,1-3H3,(H,28,29). The van der Waals surface area contributed by atoms with Gasteiger partial charge in [-0.3, -0.25) is 9.79 Å². The third kappa shape index (κ3) is 6.14. The molecule has 4 rings (SSSR count). The average Bonchev–Trinajstić information content (AvgIpc) is 3.27. The van der Waals surface area contributed by atoms with E-state index in [0.29, 0.717) is 25.6 Å². The molecule has 2 heterocycles. The minimum atomic E-state index is 0.0748. The molecule has 1 N–H and O–H groups in total. The summed E-state index contributed by atoms with van der Waals surface area (Å²) < 4.78 is 5.75. The van der Waals surface area contributed by atoms with Gasteiger partial charge in [-0.15, -0.1) is 0 Å². The van der Waals surface area contributed by atoms with Gasteiger partial charge in [-0.2, -0.15) is 0 Å². The Hall–Kier alpha value is -2.86. The third-order valence-electron chi connectivity index (χ3n) is 6.52. The SMILES string of the molecule is CN=C(NCc1ccc(C(=O)N2CC(C)OC(C)C2)cc1)N1CCC(Cc2ccccc2)C1. The molecule has 0 spiro atoms. The van der Waals surface area contributed by atoms with Gasteiger partial charge in [0.25, 0.3) is 5.91 Å². The molecule has 0 aromatic heterocycles. The second-order valence-electron chi connectivity index (χ2n) is 9.36. The van der Waals surface area contributed by atoms with Crippen molar-refractivity contribution < 1.29 is 9.53 Å². The molecule has 2 fully saturated rings. The molecule has 176 valence electrons. The molecule has 6 heteroatoms. The van der Waals surface area contributed by atoms with Gasteiger partial charge in [0.2, 0.25) is 0 Å². The maximum absolute atomic E-state index is 12.9. The van der Waals surface area contributed by atoms with Crippen LogP contribution in [0, 0.1) is 5.92 Å². The summed E-state index contributed by atoms with van der Waals surface area (Å²) in [7, 11) is 1.85. The summed E-state index contributed by atoms with van der Waals surface area (Å²) >= 11 is 0. The first kappa shape index (κ1) is 23.3. The smallest absolute Gasteiger partial charge is 0.254 e. The Bertz CT molecular complexity index is 934. The van der Waals surface area contributed by atoms with E-state index in [1.54, 1.807) is 0 Å². The van der Waals surface area contributed by atoms with Gasteiger partial charge in [0, 0.05) is 45.3 Å². The summed E-state index contributed by atoms with van der Waals surface area (Å²) in [6, 6.07) is 18.6. The number of ether oxygens (including phenoxy) is 1. The van der Waals surface area contributed by atoms with Crippen LogP contribution in [0.2, 0.25) is 0 Å². The topological polar surface area (TPSA) is 57.2 Å². The van der Waals surface area contributed by atoms with Crippen molar-refractivity contribution in [2.45, 2.75) is 45.4 Å². The Balaban J connectivity index is 1.28. The zero-order valence-corrected chi connectivity index (χ0v) is 20.0. The van der Waals surface area contributed by atoms with Crippen LogP contribution in [0.25, 0.3) is 0 Å². The number of likely N-dealkylation sites (tertiary alicyclic amines) is 1. The lowest BCUT2D eigenvalue weighted by molar-refractivity contribution is -0.0586. The highest BCUT2D eigenvalue weighted by Gasteiger charge is 2.27. The van der Waals surface area contributed by atoms with Crippen LogP contribution in [0.5, 0.6) is 0 Å². The van der Waals surface area contributed by atoms with Gasteiger partial charge in [0.1, 0.15) is 0 Å². The summed E-state index contributed by atoms with van der Waals surface area (Å²) in [5.74, 6) is 1.68. The summed E-state index contributed by atoms with van der Waals surface area (Å²) in [5, 5.41) is 3.50. The van der Waals surface area contributed by atoms with Crippen LogP contribution in [0.1, 0.15) is 41.8 Å². The number of rotatable bonds is 5. The zero-order chi connectivity index (χ0) is 23.2. The highest BCUT2D eigenvalue weighted by molar-refractivity contribution is 5.94. The van der Waals surface area contributed by atoms with Crippen molar-refractivity contribution in [3.63, 3.8) is 0 Å². The first-order valence-corrected chi connectivity index (χ1v) is 12.0. The molecule has 1 amide bonds. The second-order valence-corrected chi connectivity index (χ2v) is 9.36. The van der Waals surface area contributed by atoms with Crippen molar-refractivity contribution in [2.24, 2.45) is 10.9 Å². The molecular weight excluding hydrogens is 412 g/mol. The maximum Gasteiger partial charge on any atom is 0.254 e. The number of benzene rings is 2. The number of hydrogen-bond acceptors (Lipinski definition) is 3. The van der Waals surface area contributed by atoms with E-state index in [1.165, 1.54) is 12.0 Å². The Morgan fingerprint density at radius 2 is 1.67 bits per heavy atom. The van der Waals surface area contributed by atoms with Crippen LogP contribution in [0.3, 0.4) is 0 Å². The zero-order valence-electron chi connectivity index (χ0n) is 20.0. The Morgan fingerprint density at radius 1 is 0.970 bits per heavy atom. The summed E-state index contributed by atoms with van der Waals surface area (Å²) in [4.78, 5) is 21.6. The van der Waals surface area contributed by atoms with Gasteiger partial charge < -0.3 is 19.9 Å². The molecule has 2 aromatic rings. The normalized spacial score (nSPS) is 23.6. The molecule has 3 unspecified atom stereocenters. The van der Waals surface area contributed by atoms with Crippen LogP contribution in [0.15, 0.2) is 59.6 Å². The number of hydrogen-bond donors (Lipinski definition) is 1. The van der Waals surface area contributed by atoms with Crippen molar-refractivity contribution in [2.75, 3.05) is 33.2 Å². The van der Waals surface area contributed by atoms with Crippen molar-refractivity contribution in [1.29, 1.82) is 0 Å². The second kappa shape index (κ2) is 10.8. The number of carbonyl (C=O) groups excluding carboxylic acids is 1. The van der Waals surface area contributed by atoms with E-state index in [1.807, 2.05) is 50.1 Å². The van der Waals surface area contributed by atoms with E-state index in [-0.39, 0.29) is 18.1 Å². The predicted molar refractivity (Wildman–Crippen MR) is 132 cm³/mol. The molecule has 0 bridgehead atoms. The summed E-state index contributed by atoms with van der Waals surface area (Å²) in [5.41, 5.74) is 3.27. The van der Waals surface area contributed by atoms with E-state index in [9.17, 15) is 4.79 Å². The van der Waals surface area contributed by atoms with Gasteiger partial charge >= 0.3 is 0 Å². The van der Waals surface area contributed by atoms with E-state index in [0.717, 1.165) is 36.6 Å². The molecule has 3 atom stereocenters. The van der Waals surface area contributed by atoms with Gasteiger partial charge in [-0.05, 0) is 55.9 Å². The molecule has 2 aliphatic rings. The van der Waals surface area contributed by atoms with Crippen LogP contribution in [-0.2, 0) is 17.7 Å². The lowest BCUT2D eigenvalue weighted by Gasteiger charge is -2.35. The number of nitrogens with one attached hydrogen (secondary N) is 1. The quantitative estimate of drug-likeness (QED) is 0.561. The van der Waals surface area contributed by atoms with E-state index in [4.69, 9.17) is 4.74 Å². The van der Waals surface area contributed by atoms with Crippen molar-refractivity contribution in [3.8, 4) is 0 Å². The molecule has 0 saturated carbocycles. The van der Waals surface area contributed by atoms with Crippen molar-refractivity contribution in [3.05, 3.63) is 71.3 Å². The number of carbonyl (C=O) groups is 1. The van der Waals surface area contributed by atoms with Crippen LogP contribution >= 0.6 is 0 Å². The third-order valence-corrected chi connectivity index (χ3v) is 6.52. The first-order chi connectivity index (χ1) is 16.0. The molecule has 2 aromatic carbocycles. The summed E-state index contributed by atoms with van der Waals surface area (Å²) in [6.45, 7) is 8.06. The van der Waals surface area contributed by atoms with Crippen LogP contribution < -0.4 is 5.32 Å². The molecule has 0 aliphatic carbocycles. The monoisotopic (exact) mass is 448 g/mol. The molecule has 33 heavy (non-hydrogen) atoms. The fourth-order valence-electron chi connectivity index (χ4n) is 4.94. The highest BCUT2D eigenvalue weighted by Crippen LogP contribution is 2.21. The van der Waals surface area contributed by atoms with Crippen LogP contribution in [-0.4, -0.2) is 67.1 Å². The Labute approximate surface area is 197 Å². The van der Waals surface area contributed by atoms with Gasteiger partial charge in [-0.25, -0.2) is 0 Å². The minimum absolute atomic E-state index is 0.0748. The van der Waals surface area contributed by atoms with Crippen molar-refractivity contribution in [1.82, 2.24) is 15.1 Å². The highest BCUT2D eigenvalue weighted by atomic mass is 16.5. The van der Waals surface area contributed by atoms with Gasteiger partial charge in [0.15, 0.2) is 5.96 Å². The lowest BCUT2D eigenvalue weighted by atomic mass is 9.99. The number of guanidine groups is 1. The lowest BCUT2D eigenvalue weighted by Crippen LogP contribution is -2.48. The van der Waals surface area contributed by atoms with E-state index in [2.05, 4.69) is 45.5 Å².